The third kappa shape index (κ3) is 2.33. The van der Waals surface area contributed by atoms with E-state index < -0.39 is 0 Å². The topological polar surface area (TPSA) is 22.1 Å². The second kappa shape index (κ2) is 4.97. The first-order chi connectivity index (χ1) is 7.02. The van der Waals surface area contributed by atoms with E-state index in [-0.39, 0.29) is 0 Å². The van der Waals surface area contributed by atoms with Gasteiger partial charge in [0.1, 0.15) is 5.75 Å². The number of halogens is 1. The van der Waals surface area contributed by atoms with Gasteiger partial charge in [0.05, 0.1) is 12.8 Å². The van der Waals surface area contributed by atoms with Gasteiger partial charge in [-0.05, 0) is 19.8 Å². The van der Waals surface area contributed by atoms with Crippen molar-refractivity contribution >= 4 is 15.9 Å². The van der Waals surface area contributed by atoms with E-state index in [1.165, 1.54) is 5.56 Å². The summed E-state index contributed by atoms with van der Waals surface area (Å²) in [4.78, 5) is 4.64. The molecule has 0 saturated carbocycles. The van der Waals surface area contributed by atoms with Crippen LogP contribution in [0.15, 0.2) is 0 Å². The molecule has 0 aliphatic rings. The average Bonchev–Trinajstić information content (AvgIpc) is 2.20. The monoisotopic (exact) mass is 271 g/mol. The lowest BCUT2D eigenvalue weighted by Crippen LogP contribution is -2.06. The fourth-order valence-electron chi connectivity index (χ4n) is 1.72. The van der Waals surface area contributed by atoms with Crippen LogP contribution in [0.25, 0.3) is 0 Å². The summed E-state index contributed by atoms with van der Waals surface area (Å²) in [6, 6.07) is 0. The minimum absolute atomic E-state index is 0.422. The van der Waals surface area contributed by atoms with E-state index in [0.29, 0.717) is 5.92 Å². The molecule has 1 heterocycles. The Labute approximate surface area is 100 Å². The van der Waals surface area contributed by atoms with Crippen molar-refractivity contribution in [3.63, 3.8) is 0 Å². The third-order valence-electron chi connectivity index (χ3n) is 2.64. The van der Waals surface area contributed by atoms with Crippen molar-refractivity contribution in [2.75, 3.05) is 7.11 Å². The van der Waals surface area contributed by atoms with Gasteiger partial charge in [0.25, 0.3) is 0 Å². The number of nitrogens with zero attached hydrogens (tertiary/aromatic N) is 1. The lowest BCUT2D eigenvalue weighted by atomic mass is 10.0. The van der Waals surface area contributed by atoms with Gasteiger partial charge in [-0.1, -0.05) is 29.8 Å². The van der Waals surface area contributed by atoms with Gasteiger partial charge >= 0.3 is 0 Å². The first-order valence-electron chi connectivity index (χ1n) is 5.12. The van der Waals surface area contributed by atoms with Crippen molar-refractivity contribution in [2.24, 2.45) is 0 Å². The molecule has 0 spiro atoms. The molecule has 84 valence electrons. The Balaban J connectivity index is 3.47. The van der Waals surface area contributed by atoms with Crippen LogP contribution in [0.1, 0.15) is 42.3 Å². The highest BCUT2D eigenvalue weighted by Crippen LogP contribution is 2.32. The van der Waals surface area contributed by atoms with Crippen LogP contribution in [0.4, 0.5) is 0 Å². The van der Waals surface area contributed by atoms with E-state index in [9.17, 15) is 0 Å². The molecular weight excluding hydrogens is 254 g/mol. The molecule has 0 saturated heterocycles. The Kier molecular flexibility index (Phi) is 4.14. The van der Waals surface area contributed by atoms with Crippen LogP contribution in [0.3, 0.4) is 0 Å². The summed E-state index contributed by atoms with van der Waals surface area (Å²) in [7, 11) is 1.72. The van der Waals surface area contributed by atoms with Crippen molar-refractivity contribution in [2.45, 2.75) is 38.9 Å². The predicted octanol–water partition coefficient (Wildman–Crippen LogP) is 3.73. The van der Waals surface area contributed by atoms with Gasteiger partial charge in [-0.25, -0.2) is 0 Å². The Morgan fingerprint density at radius 1 is 1.33 bits per heavy atom. The molecule has 3 heteroatoms. The quantitative estimate of drug-likeness (QED) is 0.782. The third-order valence-corrected chi connectivity index (χ3v) is 3.20. The number of hydrogen-bond donors (Lipinski definition) is 0. The summed E-state index contributed by atoms with van der Waals surface area (Å²) in [5.74, 6) is 1.40. The van der Waals surface area contributed by atoms with Crippen LogP contribution in [0, 0.1) is 13.8 Å². The summed E-state index contributed by atoms with van der Waals surface area (Å²) in [5, 5.41) is 0.789. The molecule has 2 nitrogen and oxygen atoms in total. The van der Waals surface area contributed by atoms with Crippen LogP contribution in [0.2, 0.25) is 0 Å². The van der Waals surface area contributed by atoms with E-state index in [1.807, 2.05) is 6.92 Å². The molecule has 0 aliphatic heterocycles. The maximum atomic E-state index is 5.47. The molecule has 0 amide bonds. The second-order valence-electron chi connectivity index (χ2n) is 4.01. The molecule has 0 aromatic carbocycles. The molecule has 0 bridgehead atoms. The lowest BCUT2D eigenvalue weighted by Gasteiger charge is -2.17. The predicted molar refractivity (Wildman–Crippen MR) is 67.0 cm³/mol. The van der Waals surface area contributed by atoms with Crippen molar-refractivity contribution in [3.05, 3.63) is 22.5 Å². The van der Waals surface area contributed by atoms with Gasteiger partial charge in [-0.2, -0.15) is 0 Å². The maximum Gasteiger partial charge on any atom is 0.129 e. The number of rotatable bonds is 3. The molecule has 0 atom stereocenters. The molecule has 0 unspecified atom stereocenters. The number of aryl methyl sites for hydroxylation is 1. The standard InChI is InChI=1S/C12H18BrNO/c1-7(2)11-10(6-13)12(15-5)8(3)9(4)14-11/h7H,6H2,1-5H3. The molecule has 1 aromatic rings. The summed E-state index contributed by atoms with van der Waals surface area (Å²) in [5.41, 5.74) is 4.50. The molecule has 1 rings (SSSR count). The van der Waals surface area contributed by atoms with E-state index in [2.05, 4.69) is 41.7 Å². The van der Waals surface area contributed by atoms with Crippen molar-refractivity contribution in [3.8, 4) is 5.75 Å². The first-order valence-corrected chi connectivity index (χ1v) is 6.25. The number of hydrogen-bond acceptors (Lipinski definition) is 2. The van der Waals surface area contributed by atoms with Crippen LogP contribution >= 0.6 is 15.9 Å². The SMILES string of the molecule is COc1c(C)c(C)nc(C(C)C)c1CBr. The van der Waals surface area contributed by atoms with Crippen molar-refractivity contribution < 1.29 is 4.74 Å². The molecule has 0 radical (unpaired) electrons. The minimum Gasteiger partial charge on any atom is -0.496 e. The summed E-state index contributed by atoms with van der Waals surface area (Å²) >= 11 is 3.51. The summed E-state index contributed by atoms with van der Waals surface area (Å²) in [6.45, 7) is 8.39. The average molecular weight is 272 g/mol. The molecule has 0 aliphatic carbocycles. The maximum absolute atomic E-state index is 5.47. The lowest BCUT2D eigenvalue weighted by molar-refractivity contribution is 0.405. The highest BCUT2D eigenvalue weighted by molar-refractivity contribution is 9.08. The molecule has 0 N–H and O–H groups in total. The summed E-state index contributed by atoms with van der Waals surface area (Å²) in [6.07, 6.45) is 0. The number of alkyl halides is 1. The highest BCUT2D eigenvalue weighted by atomic mass is 79.9. The van der Waals surface area contributed by atoms with Crippen molar-refractivity contribution in [1.29, 1.82) is 0 Å². The zero-order chi connectivity index (χ0) is 11.6. The largest absolute Gasteiger partial charge is 0.496 e. The fraction of sp³-hybridized carbons (Fsp3) is 0.583. The normalized spacial score (nSPS) is 10.9. The van der Waals surface area contributed by atoms with Crippen LogP contribution < -0.4 is 4.74 Å². The number of pyridine rings is 1. The number of aromatic nitrogens is 1. The van der Waals surface area contributed by atoms with Gasteiger partial charge in [0.15, 0.2) is 0 Å². The Morgan fingerprint density at radius 3 is 2.33 bits per heavy atom. The van der Waals surface area contributed by atoms with Crippen LogP contribution in [-0.4, -0.2) is 12.1 Å². The van der Waals surface area contributed by atoms with E-state index >= 15 is 0 Å². The van der Waals surface area contributed by atoms with Gasteiger partial charge < -0.3 is 4.74 Å². The summed E-state index contributed by atoms with van der Waals surface area (Å²) < 4.78 is 5.47. The Hall–Kier alpha value is -0.570. The molecule has 0 fully saturated rings. The van der Waals surface area contributed by atoms with Gasteiger partial charge in [0.2, 0.25) is 0 Å². The van der Waals surface area contributed by atoms with Gasteiger partial charge in [-0.15, -0.1) is 0 Å². The smallest absolute Gasteiger partial charge is 0.129 e. The fourth-order valence-corrected chi connectivity index (χ4v) is 2.26. The molecule has 15 heavy (non-hydrogen) atoms. The Bertz CT molecular complexity index is 361. The van der Waals surface area contributed by atoms with Crippen molar-refractivity contribution in [1.82, 2.24) is 4.98 Å². The van der Waals surface area contributed by atoms with E-state index in [1.54, 1.807) is 7.11 Å². The zero-order valence-electron chi connectivity index (χ0n) is 10.0. The zero-order valence-corrected chi connectivity index (χ0v) is 11.6. The highest BCUT2D eigenvalue weighted by Gasteiger charge is 2.16. The first kappa shape index (κ1) is 12.5. The van der Waals surface area contributed by atoms with E-state index in [0.717, 1.165) is 28.0 Å². The number of ether oxygens (including phenoxy) is 1. The molecule has 1 aromatic heterocycles. The van der Waals surface area contributed by atoms with E-state index in [4.69, 9.17) is 4.74 Å². The van der Waals surface area contributed by atoms with Gasteiger partial charge in [-0.3, -0.25) is 4.98 Å². The number of methoxy groups -OCH3 is 1. The van der Waals surface area contributed by atoms with Gasteiger partial charge in [0, 0.05) is 22.2 Å². The Morgan fingerprint density at radius 2 is 1.93 bits per heavy atom. The second-order valence-corrected chi connectivity index (χ2v) is 4.57. The van der Waals surface area contributed by atoms with Crippen LogP contribution in [-0.2, 0) is 5.33 Å². The molecular formula is C12H18BrNO. The van der Waals surface area contributed by atoms with Crippen LogP contribution in [0.5, 0.6) is 5.75 Å². The minimum atomic E-state index is 0.422.